The molecular formula is C18H28IN5O2. The number of guanidine groups is 1. The SMILES string of the molecule is CCC(=O)N1CCC(NC(=NC)NCc2cccc(C(=O)NC)c2)C1.I. The Labute approximate surface area is 172 Å². The molecule has 1 heterocycles. The highest BCUT2D eigenvalue weighted by atomic mass is 127. The van der Waals surface area contributed by atoms with Crippen molar-refractivity contribution in [3.63, 3.8) is 0 Å². The first-order valence-electron chi connectivity index (χ1n) is 8.63. The van der Waals surface area contributed by atoms with Gasteiger partial charge < -0.3 is 20.9 Å². The molecule has 1 saturated heterocycles. The Morgan fingerprint density at radius 1 is 1.35 bits per heavy atom. The van der Waals surface area contributed by atoms with Crippen molar-refractivity contribution in [3.8, 4) is 0 Å². The molecule has 1 fully saturated rings. The molecule has 2 amide bonds. The number of hydrogen-bond acceptors (Lipinski definition) is 3. The highest BCUT2D eigenvalue weighted by Crippen LogP contribution is 2.10. The van der Waals surface area contributed by atoms with Gasteiger partial charge in [-0.25, -0.2) is 0 Å². The van der Waals surface area contributed by atoms with E-state index < -0.39 is 0 Å². The van der Waals surface area contributed by atoms with Gasteiger partial charge in [0, 0.05) is 51.8 Å². The lowest BCUT2D eigenvalue weighted by Gasteiger charge is -2.19. The summed E-state index contributed by atoms with van der Waals surface area (Å²) in [6.45, 7) is 3.94. The Morgan fingerprint density at radius 3 is 2.77 bits per heavy atom. The van der Waals surface area contributed by atoms with Gasteiger partial charge in [-0.15, -0.1) is 24.0 Å². The minimum atomic E-state index is -0.101. The second-order valence-electron chi connectivity index (χ2n) is 6.03. The van der Waals surface area contributed by atoms with Gasteiger partial charge in [0.1, 0.15) is 0 Å². The van der Waals surface area contributed by atoms with E-state index in [0.29, 0.717) is 31.0 Å². The summed E-state index contributed by atoms with van der Waals surface area (Å²) in [4.78, 5) is 29.6. The van der Waals surface area contributed by atoms with Crippen molar-refractivity contribution in [3.05, 3.63) is 35.4 Å². The number of nitrogens with zero attached hydrogens (tertiary/aromatic N) is 2. The fourth-order valence-corrected chi connectivity index (χ4v) is 2.87. The molecule has 1 aliphatic rings. The van der Waals surface area contributed by atoms with Crippen LogP contribution in [-0.2, 0) is 11.3 Å². The molecule has 8 heteroatoms. The summed E-state index contributed by atoms with van der Waals surface area (Å²) in [5.41, 5.74) is 1.63. The first-order chi connectivity index (χ1) is 12.1. The summed E-state index contributed by atoms with van der Waals surface area (Å²) in [5, 5.41) is 9.24. The third kappa shape index (κ3) is 6.15. The normalized spacial score (nSPS) is 16.7. The van der Waals surface area contributed by atoms with Gasteiger partial charge in [0.2, 0.25) is 5.91 Å². The van der Waals surface area contributed by atoms with Crippen molar-refractivity contribution in [2.75, 3.05) is 27.2 Å². The van der Waals surface area contributed by atoms with E-state index in [1.807, 2.05) is 30.0 Å². The van der Waals surface area contributed by atoms with Gasteiger partial charge in [-0.1, -0.05) is 19.1 Å². The molecule has 1 atom stereocenters. The van der Waals surface area contributed by atoms with Crippen LogP contribution in [0.2, 0.25) is 0 Å². The zero-order valence-corrected chi connectivity index (χ0v) is 17.9. The molecule has 144 valence electrons. The van der Waals surface area contributed by atoms with E-state index in [2.05, 4.69) is 20.9 Å². The van der Waals surface area contributed by atoms with Crippen LogP contribution in [0.3, 0.4) is 0 Å². The van der Waals surface area contributed by atoms with Gasteiger partial charge >= 0.3 is 0 Å². The number of rotatable bonds is 5. The minimum Gasteiger partial charge on any atom is -0.355 e. The molecule has 0 aliphatic carbocycles. The van der Waals surface area contributed by atoms with E-state index in [1.54, 1.807) is 20.2 Å². The number of likely N-dealkylation sites (tertiary alicyclic amines) is 1. The Balaban J connectivity index is 0.00000338. The average Bonchev–Trinajstić information content (AvgIpc) is 3.12. The fourth-order valence-electron chi connectivity index (χ4n) is 2.87. The molecule has 3 N–H and O–H groups in total. The number of carbonyl (C=O) groups is 2. The van der Waals surface area contributed by atoms with Gasteiger partial charge in [-0.05, 0) is 24.1 Å². The van der Waals surface area contributed by atoms with Crippen LogP contribution >= 0.6 is 24.0 Å². The lowest BCUT2D eigenvalue weighted by molar-refractivity contribution is -0.129. The summed E-state index contributed by atoms with van der Waals surface area (Å²) < 4.78 is 0. The molecule has 0 bridgehead atoms. The molecule has 1 aromatic carbocycles. The van der Waals surface area contributed by atoms with Gasteiger partial charge in [0.15, 0.2) is 5.96 Å². The predicted octanol–water partition coefficient (Wildman–Crippen LogP) is 1.34. The molecule has 1 unspecified atom stereocenters. The second kappa shape index (κ2) is 11.0. The lowest BCUT2D eigenvalue weighted by atomic mass is 10.1. The Kier molecular flexibility index (Phi) is 9.39. The number of nitrogens with one attached hydrogen (secondary N) is 3. The van der Waals surface area contributed by atoms with Crippen LogP contribution in [0.15, 0.2) is 29.3 Å². The molecule has 1 aliphatic heterocycles. The number of halogens is 1. The molecule has 0 saturated carbocycles. The maximum atomic E-state index is 11.8. The second-order valence-corrected chi connectivity index (χ2v) is 6.03. The highest BCUT2D eigenvalue weighted by molar-refractivity contribution is 14.0. The maximum absolute atomic E-state index is 11.8. The van der Waals surface area contributed by atoms with Crippen LogP contribution in [0.1, 0.15) is 35.7 Å². The van der Waals surface area contributed by atoms with Gasteiger partial charge in [0.25, 0.3) is 5.91 Å². The minimum absolute atomic E-state index is 0. The van der Waals surface area contributed by atoms with E-state index in [0.717, 1.165) is 18.5 Å². The quantitative estimate of drug-likeness (QED) is 0.343. The summed E-state index contributed by atoms with van der Waals surface area (Å²) in [6.07, 6.45) is 1.46. The largest absolute Gasteiger partial charge is 0.355 e. The van der Waals surface area contributed by atoms with Gasteiger partial charge in [-0.3, -0.25) is 14.6 Å². The predicted molar refractivity (Wildman–Crippen MR) is 114 cm³/mol. The monoisotopic (exact) mass is 473 g/mol. The number of carbonyl (C=O) groups excluding carboxylic acids is 2. The van der Waals surface area contributed by atoms with Crippen LogP contribution in [-0.4, -0.2) is 55.9 Å². The maximum Gasteiger partial charge on any atom is 0.251 e. The Hall–Kier alpha value is -1.84. The molecule has 2 rings (SSSR count). The van der Waals surface area contributed by atoms with E-state index >= 15 is 0 Å². The number of benzene rings is 1. The van der Waals surface area contributed by atoms with Crippen LogP contribution < -0.4 is 16.0 Å². The number of amides is 2. The van der Waals surface area contributed by atoms with Crippen molar-refractivity contribution in [2.45, 2.75) is 32.4 Å². The molecule has 7 nitrogen and oxygen atoms in total. The van der Waals surface area contributed by atoms with Crippen molar-refractivity contribution < 1.29 is 9.59 Å². The summed E-state index contributed by atoms with van der Waals surface area (Å²) in [5.74, 6) is 0.787. The molecule has 1 aromatic rings. The molecule has 26 heavy (non-hydrogen) atoms. The fraction of sp³-hybridized carbons (Fsp3) is 0.500. The molecule has 0 aromatic heterocycles. The molecular weight excluding hydrogens is 445 g/mol. The standard InChI is InChI=1S/C18H27N5O2.HI/c1-4-16(24)23-9-8-15(12-23)22-18(20-3)21-11-13-6-5-7-14(10-13)17(25)19-2;/h5-7,10,15H,4,8-9,11-12H2,1-3H3,(H,19,25)(H2,20,21,22);1H. The van der Waals surface area contributed by atoms with E-state index in [4.69, 9.17) is 0 Å². The summed E-state index contributed by atoms with van der Waals surface area (Å²) >= 11 is 0. The third-order valence-corrected chi connectivity index (χ3v) is 4.28. The van der Waals surface area contributed by atoms with Crippen molar-refractivity contribution in [2.24, 2.45) is 4.99 Å². The van der Waals surface area contributed by atoms with Crippen LogP contribution in [0.25, 0.3) is 0 Å². The molecule has 0 spiro atoms. The van der Waals surface area contributed by atoms with Crippen LogP contribution in [0, 0.1) is 0 Å². The van der Waals surface area contributed by atoms with Gasteiger partial charge in [-0.2, -0.15) is 0 Å². The average molecular weight is 473 g/mol. The zero-order valence-electron chi connectivity index (χ0n) is 15.5. The first-order valence-corrected chi connectivity index (χ1v) is 8.63. The van der Waals surface area contributed by atoms with E-state index in [-0.39, 0.29) is 41.8 Å². The highest BCUT2D eigenvalue weighted by Gasteiger charge is 2.25. The lowest BCUT2D eigenvalue weighted by Crippen LogP contribution is -2.44. The molecule has 0 radical (unpaired) electrons. The Bertz CT molecular complexity index is 650. The van der Waals surface area contributed by atoms with Crippen LogP contribution in [0.4, 0.5) is 0 Å². The smallest absolute Gasteiger partial charge is 0.251 e. The summed E-state index contributed by atoms with van der Waals surface area (Å²) in [7, 11) is 3.34. The zero-order chi connectivity index (χ0) is 18.2. The van der Waals surface area contributed by atoms with Crippen molar-refractivity contribution in [1.29, 1.82) is 0 Å². The third-order valence-electron chi connectivity index (χ3n) is 4.28. The van der Waals surface area contributed by atoms with Crippen molar-refractivity contribution >= 4 is 41.8 Å². The summed E-state index contributed by atoms with van der Waals surface area (Å²) in [6, 6.07) is 7.68. The van der Waals surface area contributed by atoms with Crippen molar-refractivity contribution in [1.82, 2.24) is 20.9 Å². The topological polar surface area (TPSA) is 85.8 Å². The van der Waals surface area contributed by atoms with Gasteiger partial charge in [0.05, 0.1) is 0 Å². The van der Waals surface area contributed by atoms with Crippen LogP contribution in [0.5, 0.6) is 0 Å². The first kappa shape index (κ1) is 22.2. The number of hydrogen-bond donors (Lipinski definition) is 3. The van der Waals surface area contributed by atoms with E-state index in [1.165, 1.54) is 0 Å². The Morgan fingerprint density at radius 2 is 2.12 bits per heavy atom. The van der Waals surface area contributed by atoms with E-state index in [9.17, 15) is 9.59 Å². The number of aliphatic imine (C=N–C) groups is 1.